The number of carbonyl (C=O) groups is 2. The summed E-state index contributed by atoms with van der Waals surface area (Å²) in [5.41, 5.74) is 3.42. The Kier molecular flexibility index (Phi) is 8.77. The zero-order valence-corrected chi connectivity index (χ0v) is 20.9. The van der Waals surface area contributed by atoms with Gasteiger partial charge in [-0.25, -0.2) is 0 Å². The van der Waals surface area contributed by atoms with Gasteiger partial charge >= 0.3 is 0 Å². The molecule has 0 saturated heterocycles. The average Bonchev–Trinajstić information content (AvgIpc) is 3.18. The highest BCUT2D eigenvalue weighted by molar-refractivity contribution is 7.99. The van der Waals surface area contributed by atoms with Crippen LogP contribution in [0.1, 0.15) is 30.8 Å². The largest absolute Gasteiger partial charge is 0.325 e. The van der Waals surface area contributed by atoms with Crippen LogP contribution < -0.4 is 10.6 Å². The Hall–Kier alpha value is -2.55. The molecule has 3 aromatic rings. The van der Waals surface area contributed by atoms with Crippen molar-refractivity contribution in [3.63, 3.8) is 0 Å². The Bertz CT molecular complexity index is 1170. The lowest BCUT2D eigenvalue weighted by Crippen LogP contribution is -2.18. The van der Waals surface area contributed by atoms with Crippen molar-refractivity contribution in [1.82, 2.24) is 14.8 Å². The summed E-state index contributed by atoms with van der Waals surface area (Å²) < 4.78 is 1.82. The van der Waals surface area contributed by atoms with E-state index < -0.39 is 0 Å². The van der Waals surface area contributed by atoms with E-state index in [1.165, 1.54) is 11.8 Å². The summed E-state index contributed by atoms with van der Waals surface area (Å²) in [6.45, 7) is 6.53. The van der Waals surface area contributed by atoms with E-state index in [1.54, 1.807) is 18.2 Å². The SMILES string of the molecule is CCc1cccc(C)c1NC(=O)CSc1nnc(CC(=O)Nc2cccc(Cl)c2Cl)n1CC. The van der Waals surface area contributed by atoms with Gasteiger partial charge in [0.05, 0.1) is 27.9 Å². The summed E-state index contributed by atoms with van der Waals surface area (Å²) in [5, 5.41) is 15.3. The third kappa shape index (κ3) is 6.28. The summed E-state index contributed by atoms with van der Waals surface area (Å²) in [7, 11) is 0. The fraction of sp³-hybridized carbons (Fsp3) is 0.304. The predicted molar refractivity (Wildman–Crippen MR) is 134 cm³/mol. The second-order valence-corrected chi connectivity index (χ2v) is 9.00. The van der Waals surface area contributed by atoms with Gasteiger partial charge in [-0.15, -0.1) is 10.2 Å². The molecule has 2 aromatic carbocycles. The molecule has 0 bridgehead atoms. The minimum atomic E-state index is -0.290. The molecule has 33 heavy (non-hydrogen) atoms. The van der Waals surface area contributed by atoms with E-state index in [2.05, 4.69) is 27.8 Å². The van der Waals surface area contributed by atoms with Crippen LogP contribution in [0, 0.1) is 6.92 Å². The summed E-state index contributed by atoms with van der Waals surface area (Å²) in [4.78, 5) is 25.1. The molecule has 0 aliphatic rings. The highest BCUT2D eigenvalue weighted by Gasteiger charge is 2.17. The Morgan fingerprint density at radius 3 is 2.52 bits per heavy atom. The fourth-order valence-electron chi connectivity index (χ4n) is 3.32. The lowest BCUT2D eigenvalue weighted by molar-refractivity contribution is -0.116. The number of para-hydroxylation sites is 1. The zero-order valence-electron chi connectivity index (χ0n) is 18.6. The minimum absolute atomic E-state index is 0.0134. The molecule has 0 fully saturated rings. The van der Waals surface area contributed by atoms with Gasteiger partial charge in [-0.05, 0) is 43.5 Å². The number of aryl methyl sites for hydroxylation is 2. The van der Waals surface area contributed by atoms with Crippen molar-refractivity contribution >= 4 is 58.2 Å². The van der Waals surface area contributed by atoms with E-state index in [0.717, 1.165) is 23.2 Å². The first-order valence-corrected chi connectivity index (χ1v) is 12.2. The number of hydrogen-bond acceptors (Lipinski definition) is 5. The van der Waals surface area contributed by atoms with Crippen LogP contribution in [0.3, 0.4) is 0 Å². The molecule has 0 radical (unpaired) electrons. The third-order valence-corrected chi connectivity index (χ3v) is 6.78. The van der Waals surface area contributed by atoms with Gasteiger partial charge in [-0.2, -0.15) is 0 Å². The number of amides is 2. The summed E-state index contributed by atoms with van der Waals surface area (Å²) >= 11 is 13.4. The Morgan fingerprint density at radius 1 is 1.03 bits per heavy atom. The van der Waals surface area contributed by atoms with Gasteiger partial charge in [-0.1, -0.05) is 66.2 Å². The molecule has 0 saturated carbocycles. The van der Waals surface area contributed by atoms with E-state index >= 15 is 0 Å². The first-order chi connectivity index (χ1) is 15.8. The lowest BCUT2D eigenvalue weighted by Gasteiger charge is -2.13. The van der Waals surface area contributed by atoms with Crippen molar-refractivity contribution in [3.8, 4) is 0 Å². The van der Waals surface area contributed by atoms with Crippen molar-refractivity contribution in [1.29, 1.82) is 0 Å². The molecule has 7 nitrogen and oxygen atoms in total. The maximum atomic E-state index is 12.6. The van der Waals surface area contributed by atoms with E-state index in [0.29, 0.717) is 28.2 Å². The molecule has 2 N–H and O–H groups in total. The number of thioether (sulfide) groups is 1. The molecule has 0 spiro atoms. The van der Waals surface area contributed by atoms with Gasteiger partial charge in [0.2, 0.25) is 11.8 Å². The van der Waals surface area contributed by atoms with Crippen molar-refractivity contribution in [3.05, 3.63) is 63.4 Å². The minimum Gasteiger partial charge on any atom is -0.325 e. The quantitative estimate of drug-likeness (QED) is 0.380. The van der Waals surface area contributed by atoms with Gasteiger partial charge in [0.1, 0.15) is 5.82 Å². The van der Waals surface area contributed by atoms with Crippen molar-refractivity contribution in [2.45, 2.75) is 45.3 Å². The second kappa shape index (κ2) is 11.5. The molecule has 10 heteroatoms. The molecule has 3 rings (SSSR count). The van der Waals surface area contributed by atoms with Crippen LogP contribution in [0.2, 0.25) is 10.0 Å². The maximum Gasteiger partial charge on any atom is 0.234 e. The van der Waals surface area contributed by atoms with Crippen LogP contribution in [-0.2, 0) is 29.0 Å². The maximum absolute atomic E-state index is 12.6. The van der Waals surface area contributed by atoms with Crippen molar-refractivity contribution in [2.75, 3.05) is 16.4 Å². The number of nitrogens with zero attached hydrogens (tertiary/aromatic N) is 3. The number of halogens is 2. The van der Waals surface area contributed by atoms with Crippen LogP contribution in [-0.4, -0.2) is 32.3 Å². The van der Waals surface area contributed by atoms with E-state index in [-0.39, 0.29) is 29.0 Å². The van der Waals surface area contributed by atoms with Crippen LogP contribution in [0.5, 0.6) is 0 Å². The topological polar surface area (TPSA) is 88.9 Å². The van der Waals surface area contributed by atoms with E-state index in [4.69, 9.17) is 23.2 Å². The number of carbonyl (C=O) groups excluding carboxylic acids is 2. The van der Waals surface area contributed by atoms with Crippen LogP contribution in [0.15, 0.2) is 41.6 Å². The number of hydrogen-bond donors (Lipinski definition) is 2. The van der Waals surface area contributed by atoms with Gasteiger partial charge in [0.25, 0.3) is 0 Å². The van der Waals surface area contributed by atoms with Crippen molar-refractivity contribution < 1.29 is 9.59 Å². The molecule has 174 valence electrons. The van der Waals surface area contributed by atoms with Crippen molar-refractivity contribution in [2.24, 2.45) is 0 Å². The highest BCUT2D eigenvalue weighted by Crippen LogP contribution is 2.29. The van der Waals surface area contributed by atoms with Crippen LogP contribution in [0.25, 0.3) is 0 Å². The first kappa shape index (κ1) is 25.1. The molecule has 1 heterocycles. The molecule has 0 aliphatic heterocycles. The summed E-state index contributed by atoms with van der Waals surface area (Å²) in [6, 6.07) is 11.0. The van der Waals surface area contributed by atoms with Gasteiger partial charge < -0.3 is 15.2 Å². The molecule has 0 atom stereocenters. The Morgan fingerprint density at radius 2 is 1.79 bits per heavy atom. The normalized spacial score (nSPS) is 10.8. The van der Waals surface area contributed by atoms with Gasteiger partial charge in [0.15, 0.2) is 5.16 Å². The molecular weight excluding hydrogens is 481 g/mol. The smallest absolute Gasteiger partial charge is 0.234 e. The van der Waals surface area contributed by atoms with E-state index in [9.17, 15) is 9.59 Å². The number of benzene rings is 2. The average molecular weight is 506 g/mol. The lowest BCUT2D eigenvalue weighted by atomic mass is 10.1. The van der Waals surface area contributed by atoms with Crippen LogP contribution >= 0.6 is 35.0 Å². The third-order valence-electron chi connectivity index (χ3n) is 4.99. The Labute approximate surface area is 207 Å². The summed E-state index contributed by atoms with van der Waals surface area (Å²) in [6.07, 6.45) is 0.847. The predicted octanol–water partition coefficient (Wildman–Crippen LogP) is 5.39. The number of aromatic nitrogens is 3. The zero-order chi connectivity index (χ0) is 24.0. The Balaban J connectivity index is 1.63. The summed E-state index contributed by atoms with van der Waals surface area (Å²) in [5.74, 6) is 0.273. The molecule has 0 aliphatic carbocycles. The molecular formula is C23H25Cl2N5O2S. The van der Waals surface area contributed by atoms with E-state index in [1.807, 2.05) is 36.6 Å². The number of anilines is 2. The molecule has 0 unspecified atom stereocenters. The van der Waals surface area contributed by atoms with Crippen LogP contribution in [0.4, 0.5) is 11.4 Å². The first-order valence-electron chi connectivity index (χ1n) is 10.5. The standard InChI is InChI=1S/C23H25Cl2N5O2S/c1-4-15-9-6-8-14(3)22(15)27-20(32)13-33-23-29-28-18(30(23)5-2)12-19(31)26-17-11-7-10-16(24)21(17)25/h6-11H,4-5,12-13H2,1-3H3,(H,26,31)(H,27,32). The highest BCUT2D eigenvalue weighted by atomic mass is 35.5. The monoisotopic (exact) mass is 505 g/mol. The second-order valence-electron chi connectivity index (χ2n) is 7.27. The molecule has 2 amide bonds. The fourth-order valence-corrected chi connectivity index (χ4v) is 4.49. The van der Waals surface area contributed by atoms with Gasteiger partial charge in [-0.3, -0.25) is 9.59 Å². The number of rotatable bonds is 9. The molecule has 1 aromatic heterocycles. The van der Waals surface area contributed by atoms with Gasteiger partial charge in [0, 0.05) is 12.2 Å². The number of nitrogens with one attached hydrogen (secondary N) is 2.